The molecule has 114 valence electrons. The van der Waals surface area contributed by atoms with E-state index in [1.54, 1.807) is 13.8 Å². The van der Waals surface area contributed by atoms with Crippen LogP contribution in [-0.2, 0) is 10.0 Å². The highest BCUT2D eigenvalue weighted by atomic mass is 35.5. The zero-order valence-electron chi connectivity index (χ0n) is 11.1. The molecule has 4 nitrogen and oxygen atoms in total. The minimum absolute atomic E-state index is 0.0165. The predicted molar refractivity (Wildman–Crippen MR) is 82.2 cm³/mol. The second-order valence-electron chi connectivity index (χ2n) is 4.49. The van der Waals surface area contributed by atoms with Crippen molar-refractivity contribution in [1.82, 2.24) is 4.31 Å². The second kappa shape index (κ2) is 7.29. The van der Waals surface area contributed by atoms with E-state index in [2.05, 4.69) is 0 Å². The van der Waals surface area contributed by atoms with Gasteiger partial charge < -0.3 is 5.11 Å². The molecule has 0 saturated carbocycles. The number of benzene rings is 1. The first-order chi connectivity index (χ1) is 9.21. The maximum Gasteiger partial charge on any atom is 0.246 e. The SMILES string of the molecule is CC(C)N(CCCO)S(=O)(=O)c1c(Cl)cc(Cl)cc1Cl. The van der Waals surface area contributed by atoms with Crippen LogP contribution < -0.4 is 0 Å². The summed E-state index contributed by atoms with van der Waals surface area (Å²) in [6, 6.07) is 2.40. The van der Waals surface area contributed by atoms with Crippen molar-refractivity contribution in [1.29, 1.82) is 0 Å². The van der Waals surface area contributed by atoms with Crippen molar-refractivity contribution in [3.05, 3.63) is 27.2 Å². The largest absolute Gasteiger partial charge is 0.396 e. The standard InChI is InChI=1S/C12H16Cl3NO3S/c1-8(2)16(4-3-5-17)20(18,19)12-10(14)6-9(13)7-11(12)15/h6-8,17H,3-5H2,1-2H3. The van der Waals surface area contributed by atoms with E-state index in [1.165, 1.54) is 16.4 Å². The summed E-state index contributed by atoms with van der Waals surface area (Å²) < 4.78 is 26.6. The van der Waals surface area contributed by atoms with Gasteiger partial charge in [0.25, 0.3) is 0 Å². The number of rotatable bonds is 6. The van der Waals surface area contributed by atoms with Crippen LogP contribution in [0.1, 0.15) is 20.3 Å². The third kappa shape index (κ3) is 4.00. The topological polar surface area (TPSA) is 57.6 Å². The van der Waals surface area contributed by atoms with Crippen molar-refractivity contribution in [2.75, 3.05) is 13.2 Å². The Hall–Kier alpha value is -0.0400. The molecule has 20 heavy (non-hydrogen) atoms. The van der Waals surface area contributed by atoms with Crippen LogP contribution in [0.15, 0.2) is 17.0 Å². The first-order valence-electron chi connectivity index (χ1n) is 5.99. The molecule has 0 saturated heterocycles. The number of aliphatic hydroxyl groups is 1. The van der Waals surface area contributed by atoms with E-state index < -0.39 is 10.0 Å². The predicted octanol–water partition coefficient (Wildman–Crippen LogP) is 3.43. The van der Waals surface area contributed by atoms with Gasteiger partial charge in [0.15, 0.2) is 0 Å². The average Bonchev–Trinajstić information content (AvgIpc) is 2.26. The third-order valence-electron chi connectivity index (χ3n) is 2.64. The Bertz CT molecular complexity index is 552. The highest BCUT2D eigenvalue weighted by molar-refractivity contribution is 7.89. The van der Waals surface area contributed by atoms with Crippen LogP contribution in [0.4, 0.5) is 0 Å². The van der Waals surface area contributed by atoms with Gasteiger partial charge in [-0.3, -0.25) is 0 Å². The summed E-state index contributed by atoms with van der Waals surface area (Å²) in [5.41, 5.74) is 0. The van der Waals surface area contributed by atoms with E-state index in [9.17, 15) is 8.42 Å². The normalized spacial score (nSPS) is 12.4. The fourth-order valence-electron chi connectivity index (χ4n) is 1.78. The van der Waals surface area contributed by atoms with Crippen LogP contribution in [0.5, 0.6) is 0 Å². The van der Waals surface area contributed by atoms with Crippen molar-refractivity contribution in [3.8, 4) is 0 Å². The lowest BCUT2D eigenvalue weighted by molar-refractivity contribution is 0.258. The van der Waals surface area contributed by atoms with Gasteiger partial charge in [0, 0.05) is 24.2 Å². The molecule has 1 aromatic rings. The monoisotopic (exact) mass is 359 g/mol. The zero-order chi connectivity index (χ0) is 15.5. The molecule has 0 bridgehead atoms. The lowest BCUT2D eigenvalue weighted by Gasteiger charge is -2.26. The summed E-state index contributed by atoms with van der Waals surface area (Å²) in [6.07, 6.45) is 0.334. The Balaban J connectivity index is 3.34. The van der Waals surface area contributed by atoms with Gasteiger partial charge in [0.2, 0.25) is 10.0 Å². The lowest BCUT2D eigenvalue weighted by atomic mass is 10.3. The molecule has 0 radical (unpaired) electrons. The Labute approximate surface area is 134 Å². The quantitative estimate of drug-likeness (QED) is 0.845. The first-order valence-corrected chi connectivity index (χ1v) is 8.56. The summed E-state index contributed by atoms with van der Waals surface area (Å²) >= 11 is 17.7. The molecule has 1 rings (SSSR count). The Morgan fingerprint density at radius 2 is 1.70 bits per heavy atom. The highest BCUT2D eigenvalue weighted by Crippen LogP contribution is 2.35. The number of hydrogen-bond donors (Lipinski definition) is 1. The summed E-state index contributed by atoms with van der Waals surface area (Å²) in [4.78, 5) is -0.156. The molecule has 0 atom stereocenters. The van der Waals surface area contributed by atoms with Gasteiger partial charge in [-0.2, -0.15) is 4.31 Å². The van der Waals surface area contributed by atoms with Crippen molar-refractivity contribution >= 4 is 44.8 Å². The highest BCUT2D eigenvalue weighted by Gasteiger charge is 2.31. The molecule has 0 unspecified atom stereocenters. The summed E-state index contributed by atoms with van der Waals surface area (Å²) in [5, 5.41) is 9.12. The van der Waals surface area contributed by atoms with Crippen molar-refractivity contribution < 1.29 is 13.5 Å². The molecule has 1 N–H and O–H groups in total. The number of hydrogen-bond acceptors (Lipinski definition) is 3. The summed E-state index contributed by atoms with van der Waals surface area (Å²) in [5.74, 6) is 0. The first kappa shape index (κ1) is 18.0. The van der Waals surface area contributed by atoms with Gasteiger partial charge in [0.1, 0.15) is 4.90 Å². The van der Waals surface area contributed by atoms with E-state index >= 15 is 0 Å². The van der Waals surface area contributed by atoms with Gasteiger partial charge >= 0.3 is 0 Å². The van der Waals surface area contributed by atoms with Crippen LogP contribution in [0.25, 0.3) is 0 Å². The molecule has 8 heteroatoms. The Morgan fingerprint density at radius 3 is 2.10 bits per heavy atom. The molecular formula is C12H16Cl3NO3S. The molecule has 0 aliphatic rings. The van der Waals surface area contributed by atoms with Gasteiger partial charge in [-0.1, -0.05) is 34.8 Å². The van der Waals surface area contributed by atoms with E-state index in [-0.39, 0.29) is 39.2 Å². The second-order valence-corrected chi connectivity index (χ2v) is 7.56. The van der Waals surface area contributed by atoms with Crippen LogP contribution in [0, 0.1) is 0 Å². The average molecular weight is 361 g/mol. The fraction of sp³-hybridized carbons (Fsp3) is 0.500. The van der Waals surface area contributed by atoms with Crippen molar-refractivity contribution in [2.24, 2.45) is 0 Å². The molecule has 0 aliphatic carbocycles. The maximum atomic E-state index is 12.7. The third-order valence-corrected chi connectivity index (χ3v) is 5.86. The summed E-state index contributed by atoms with van der Waals surface area (Å²) in [6.45, 7) is 3.58. The minimum atomic E-state index is -3.85. The summed E-state index contributed by atoms with van der Waals surface area (Å²) in [7, 11) is -3.85. The van der Waals surface area contributed by atoms with Gasteiger partial charge in [-0.15, -0.1) is 0 Å². The van der Waals surface area contributed by atoms with Gasteiger partial charge in [-0.05, 0) is 32.4 Å². The molecule has 0 aromatic heterocycles. The lowest BCUT2D eigenvalue weighted by Crippen LogP contribution is -2.38. The Kier molecular flexibility index (Phi) is 6.57. The van der Waals surface area contributed by atoms with Crippen LogP contribution in [-0.4, -0.2) is 37.0 Å². The smallest absolute Gasteiger partial charge is 0.246 e. The molecule has 0 amide bonds. The Morgan fingerprint density at radius 1 is 1.20 bits per heavy atom. The molecule has 1 aromatic carbocycles. The van der Waals surface area contributed by atoms with Crippen molar-refractivity contribution in [3.63, 3.8) is 0 Å². The number of halogens is 3. The maximum absolute atomic E-state index is 12.7. The van der Waals surface area contributed by atoms with Gasteiger partial charge in [-0.25, -0.2) is 8.42 Å². The van der Waals surface area contributed by atoms with E-state index in [1.807, 2.05) is 0 Å². The zero-order valence-corrected chi connectivity index (χ0v) is 14.2. The van der Waals surface area contributed by atoms with Crippen LogP contribution in [0.3, 0.4) is 0 Å². The van der Waals surface area contributed by atoms with Gasteiger partial charge in [0.05, 0.1) is 10.0 Å². The van der Waals surface area contributed by atoms with Crippen molar-refractivity contribution in [2.45, 2.75) is 31.2 Å². The van der Waals surface area contributed by atoms with Crippen LogP contribution >= 0.6 is 34.8 Å². The number of sulfonamides is 1. The van der Waals surface area contributed by atoms with E-state index in [0.29, 0.717) is 6.42 Å². The van der Waals surface area contributed by atoms with E-state index in [0.717, 1.165) is 0 Å². The number of nitrogens with zero attached hydrogens (tertiary/aromatic N) is 1. The number of aliphatic hydroxyl groups excluding tert-OH is 1. The molecule has 0 heterocycles. The molecule has 0 spiro atoms. The minimum Gasteiger partial charge on any atom is -0.396 e. The molecule has 0 fully saturated rings. The molecular weight excluding hydrogens is 345 g/mol. The fourth-order valence-corrected chi connectivity index (χ4v) is 4.95. The van der Waals surface area contributed by atoms with E-state index in [4.69, 9.17) is 39.9 Å². The molecule has 0 aliphatic heterocycles. The van der Waals surface area contributed by atoms with Crippen LogP contribution in [0.2, 0.25) is 15.1 Å².